The Balaban J connectivity index is 2.06. The van der Waals surface area contributed by atoms with Crippen LogP contribution in [0, 0.1) is 0 Å². The summed E-state index contributed by atoms with van der Waals surface area (Å²) in [5, 5.41) is 11.4. The Morgan fingerprint density at radius 2 is 2.18 bits per heavy atom. The van der Waals surface area contributed by atoms with Crippen LogP contribution in [0.4, 0.5) is 0 Å². The van der Waals surface area contributed by atoms with Crippen molar-refractivity contribution < 1.29 is 13.2 Å². The average molecular weight is 323 g/mol. The smallest absolute Gasteiger partial charge is 0.244 e. The summed E-state index contributed by atoms with van der Waals surface area (Å²) in [6, 6.07) is 4.93. The maximum atomic E-state index is 12.5. The molecule has 1 saturated carbocycles. The molecule has 1 N–H and O–H groups in total. The zero-order valence-corrected chi connectivity index (χ0v) is 13.2. The SMILES string of the molecule is CCn1nnnc1-c1ccc(OC)c(S(=O)(=O)NC2CC2)c1. The second-order valence-electron chi connectivity index (χ2n) is 5.08. The lowest BCUT2D eigenvalue weighted by atomic mass is 10.2. The largest absolute Gasteiger partial charge is 0.495 e. The minimum Gasteiger partial charge on any atom is -0.495 e. The lowest BCUT2D eigenvalue weighted by Crippen LogP contribution is -2.26. The Kier molecular flexibility index (Phi) is 3.83. The van der Waals surface area contributed by atoms with Gasteiger partial charge in [-0.2, -0.15) is 0 Å². The Morgan fingerprint density at radius 3 is 2.82 bits per heavy atom. The molecule has 8 nitrogen and oxygen atoms in total. The predicted molar refractivity (Wildman–Crippen MR) is 78.8 cm³/mol. The molecule has 3 rings (SSSR count). The van der Waals surface area contributed by atoms with Crippen molar-refractivity contribution in [2.45, 2.75) is 37.2 Å². The highest BCUT2D eigenvalue weighted by atomic mass is 32.2. The van der Waals surface area contributed by atoms with Crippen molar-refractivity contribution in [3.8, 4) is 17.1 Å². The number of hydrogen-bond acceptors (Lipinski definition) is 6. The molecule has 0 saturated heterocycles. The van der Waals surface area contributed by atoms with Gasteiger partial charge in [0, 0.05) is 18.2 Å². The number of ether oxygens (including phenoxy) is 1. The van der Waals surface area contributed by atoms with Gasteiger partial charge >= 0.3 is 0 Å². The van der Waals surface area contributed by atoms with E-state index in [4.69, 9.17) is 4.74 Å². The molecule has 1 aromatic heterocycles. The molecular weight excluding hydrogens is 306 g/mol. The fourth-order valence-electron chi connectivity index (χ4n) is 2.13. The summed E-state index contributed by atoms with van der Waals surface area (Å²) < 4.78 is 34.4. The van der Waals surface area contributed by atoms with Gasteiger partial charge in [0.1, 0.15) is 10.6 Å². The average Bonchev–Trinajstić information content (AvgIpc) is 3.18. The maximum absolute atomic E-state index is 12.5. The van der Waals surface area contributed by atoms with Crippen LogP contribution in [0.5, 0.6) is 5.75 Å². The van der Waals surface area contributed by atoms with E-state index in [1.807, 2.05) is 6.92 Å². The fraction of sp³-hybridized carbons (Fsp3) is 0.462. The molecule has 1 heterocycles. The standard InChI is InChI=1S/C13H17N5O3S/c1-3-18-13(14-16-17-18)9-4-7-11(21-2)12(8-9)22(19,20)15-10-5-6-10/h4,7-8,10,15H,3,5-6H2,1-2H3. The van der Waals surface area contributed by atoms with E-state index in [0.717, 1.165) is 12.8 Å². The van der Waals surface area contributed by atoms with E-state index in [0.29, 0.717) is 23.7 Å². The van der Waals surface area contributed by atoms with Crippen LogP contribution < -0.4 is 9.46 Å². The van der Waals surface area contributed by atoms with Gasteiger partial charge in [-0.1, -0.05) is 0 Å². The van der Waals surface area contributed by atoms with Crippen molar-refractivity contribution in [1.82, 2.24) is 24.9 Å². The van der Waals surface area contributed by atoms with Gasteiger partial charge in [-0.3, -0.25) is 0 Å². The maximum Gasteiger partial charge on any atom is 0.244 e. The molecule has 1 aliphatic rings. The van der Waals surface area contributed by atoms with Crippen LogP contribution in [0.25, 0.3) is 11.4 Å². The van der Waals surface area contributed by atoms with Crippen molar-refractivity contribution >= 4 is 10.0 Å². The number of methoxy groups -OCH3 is 1. The van der Waals surface area contributed by atoms with E-state index < -0.39 is 10.0 Å². The molecule has 0 bridgehead atoms. The van der Waals surface area contributed by atoms with Crippen LogP contribution in [-0.2, 0) is 16.6 Å². The zero-order valence-electron chi connectivity index (χ0n) is 12.4. The third-order valence-corrected chi connectivity index (χ3v) is 4.98. The first-order chi connectivity index (χ1) is 10.5. The van der Waals surface area contributed by atoms with Gasteiger partial charge in [-0.25, -0.2) is 17.8 Å². The van der Waals surface area contributed by atoms with Gasteiger partial charge < -0.3 is 4.74 Å². The van der Waals surface area contributed by atoms with Gasteiger partial charge in [0.2, 0.25) is 10.0 Å². The highest BCUT2D eigenvalue weighted by Gasteiger charge is 2.30. The molecular formula is C13H17N5O3S. The first kappa shape index (κ1) is 14.9. The Morgan fingerprint density at radius 1 is 1.41 bits per heavy atom. The van der Waals surface area contributed by atoms with Crippen LogP contribution in [0.3, 0.4) is 0 Å². The van der Waals surface area contributed by atoms with Crippen LogP contribution in [0.2, 0.25) is 0 Å². The summed E-state index contributed by atoms with van der Waals surface area (Å²) >= 11 is 0. The second-order valence-corrected chi connectivity index (χ2v) is 6.76. The molecule has 9 heteroatoms. The monoisotopic (exact) mass is 323 g/mol. The van der Waals surface area contributed by atoms with Crippen LogP contribution in [-0.4, -0.2) is 41.8 Å². The van der Waals surface area contributed by atoms with Crippen molar-refractivity contribution in [3.63, 3.8) is 0 Å². The summed E-state index contributed by atoms with van der Waals surface area (Å²) in [6.07, 6.45) is 1.74. The quantitative estimate of drug-likeness (QED) is 0.844. The summed E-state index contributed by atoms with van der Waals surface area (Å²) in [7, 11) is -2.18. The number of sulfonamides is 1. The van der Waals surface area contributed by atoms with Gasteiger partial charge in [0.25, 0.3) is 0 Å². The highest BCUT2D eigenvalue weighted by molar-refractivity contribution is 7.89. The van der Waals surface area contributed by atoms with Gasteiger partial charge in [0.15, 0.2) is 5.82 Å². The van der Waals surface area contributed by atoms with Crippen molar-refractivity contribution in [2.75, 3.05) is 7.11 Å². The Bertz CT molecular complexity index is 783. The lowest BCUT2D eigenvalue weighted by Gasteiger charge is -2.12. The number of nitrogens with one attached hydrogen (secondary N) is 1. The summed E-state index contributed by atoms with van der Waals surface area (Å²) in [5.41, 5.74) is 0.629. The molecule has 22 heavy (non-hydrogen) atoms. The number of benzene rings is 1. The first-order valence-corrected chi connectivity index (χ1v) is 8.50. The minimum absolute atomic E-state index is 0.0272. The van der Waals surface area contributed by atoms with E-state index in [-0.39, 0.29) is 10.9 Å². The third-order valence-electron chi connectivity index (χ3n) is 3.44. The molecule has 0 radical (unpaired) electrons. The van der Waals surface area contributed by atoms with E-state index in [2.05, 4.69) is 20.2 Å². The second kappa shape index (κ2) is 5.65. The van der Waals surface area contributed by atoms with E-state index in [9.17, 15) is 8.42 Å². The number of aryl methyl sites for hydroxylation is 1. The summed E-state index contributed by atoms with van der Waals surface area (Å²) in [4.78, 5) is 0.102. The number of nitrogens with zero attached hydrogens (tertiary/aromatic N) is 4. The zero-order chi connectivity index (χ0) is 15.7. The van der Waals surface area contributed by atoms with Crippen molar-refractivity contribution in [1.29, 1.82) is 0 Å². The van der Waals surface area contributed by atoms with Crippen LogP contribution in [0.15, 0.2) is 23.1 Å². The molecule has 118 valence electrons. The Hall–Kier alpha value is -2.00. The van der Waals surface area contributed by atoms with E-state index in [1.54, 1.807) is 22.9 Å². The molecule has 0 atom stereocenters. The molecule has 0 unspecified atom stereocenters. The van der Waals surface area contributed by atoms with Crippen LogP contribution in [0.1, 0.15) is 19.8 Å². The third kappa shape index (κ3) is 2.81. The van der Waals surface area contributed by atoms with Crippen LogP contribution >= 0.6 is 0 Å². The predicted octanol–water partition coefficient (Wildman–Crippen LogP) is 0.809. The Labute approximate surface area is 128 Å². The normalized spacial score (nSPS) is 15.0. The lowest BCUT2D eigenvalue weighted by molar-refractivity contribution is 0.402. The minimum atomic E-state index is -3.63. The molecule has 1 aliphatic carbocycles. The number of aromatic nitrogens is 4. The molecule has 1 aromatic carbocycles. The highest BCUT2D eigenvalue weighted by Crippen LogP contribution is 2.30. The van der Waals surface area contributed by atoms with E-state index >= 15 is 0 Å². The molecule has 0 amide bonds. The number of hydrogen-bond donors (Lipinski definition) is 1. The van der Waals surface area contributed by atoms with Crippen molar-refractivity contribution in [2.24, 2.45) is 0 Å². The van der Waals surface area contributed by atoms with E-state index in [1.165, 1.54) is 7.11 Å². The molecule has 2 aromatic rings. The fourth-order valence-corrected chi connectivity index (χ4v) is 3.63. The van der Waals surface area contributed by atoms with Gasteiger partial charge in [0.05, 0.1) is 7.11 Å². The number of tetrazole rings is 1. The molecule has 0 aliphatic heterocycles. The topological polar surface area (TPSA) is 99.0 Å². The summed E-state index contributed by atoms with van der Waals surface area (Å²) in [5.74, 6) is 0.820. The number of rotatable bonds is 6. The van der Waals surface area contributed by atoms with Gasteiger partial charge in [-0.15, -0.1) is 5.10 Å². The molecule has 0 spiro atoms. The summed E-state index contributed by atoms with van der Waals surface area (Å²) in [6.45, 7) is 2.51. The first-order valence-electron chi connectivity index (χ1n) is 7.02. The molecule has 1 fully saturated rings. The van der Waals surface area contributed by atoms with Gasteiger partial charge in [-0.05, 0) is 48.4 Å². The van der Waals surface area contributed by atoms with Crippen molar-refractivity contribution in [3.05, 3.63) is 18.2 Å².